The first-order valence-corrected chi connectivity index (χ1v) is 8.84. The number of nitrogens with one attached hydrogen (secondary N) is 3. The maximum absolute atomic E-state index is 11.9. The molecule has 0 bridgehead atoms. The number of benzene rings is 1. The Balaban J connectivity index is 1.62. The molecule has 0 saturated heterocycles. The van der Waals surface area contributed by atoms with Crippen molar-refractivity contribution in [2.24, 2.45) is 4.99 Å². The summed E-state index contributed by atoms with van der Waals surface area (Å²) in [6, 6.07) is 11.9. The van der Waals surface area contributed by atoms with Gasteiger partial charge in [-0.15, -0.1) is 0 Å². The second-order valence-electron chi connectivity index (χ2n) is 6.12. The zero-order valence-corrected chi connectivity index (χ0v) is 15.7. The Morgan fingerprint density at radius 3 is 2.58 bits per heavy atom. The smallest absolute Gasteiger partial charge is 0.239 e. The molecule has 0 atom stereocenters. The van der Waals surface area contributed by atoms with Gasteiger partial charge in [-0.3, -0.25) is 14.5 Å². The van der Waals surface area contributed by atoms with E-state index in [4.69, 9.17) is 0 Å². The van der Waals surface area contributed by atoms with E-state index in [-0.39, 0.29) is 12.5 Å². The van der Waals surface area contributed by atoms with Crippen molar-refractivity contribution in [2.45, 2.75) is 33.4 Å². The molecule has 0 saturated carbocycles. The molecule has 2 rings (SSSR count). The van der Waals surface area contributed by atoms with E-state index in [1.54, 1.807) is 7.05 Å². The molecule has 0 radical (unpaired) electrons. The van der Waals surface area contributed by atoms with E-state index in [1.807, 2.05) is 41.9 Å². The molecule has 1 heterocycles. The van der Waals surface area contributed by atoms with Gasteiger partial charge in [0, 0.05) is 32.4 Å². The second kappa shape index (κ2) is 10.2. The lowest BCUT2D eigenvalue weighted by molar-refractivity contribution is -0.120. The third kappa shape index (κ3) is 6.58. The molecule has 0 aliphatic rings. The van der Waals surface area contributed by atoms with Crippen LogP contribution in [0.1, 0.15) is 23.4 Å². The van der Waals surface area contributed by atoms with Crippen molar-refractivity contribution >= 4 is 11.9 Å². The third-order valence-electron chi connectivity index (χ3n) is 3.91. The van der Waals surface area contributed by atoms with Crippen molar-refractivity contribution in [3.05, 3.63) is 53.3 Å². The first-order valence-electron chi connectivity index (χ1n) is 8.84. The maximum atomic E-state index is 11.9. The van der Waals surface area contributed by atoms with Gasteiger partial charge in [-0.1, -0.05) is 30.3 Å². The number of carbonyl (C=O) groups excluding carboxylic acids is 1. The number of aliphatic imine (C=N–C) groups is 1. The van der Waals surface area contributed by atoms with E-state index >= 15 is 0 Å². The Hall–Kier alpha value is -2.83. The Kier molecular flexibility index (Phi) is 7.67. The summed E-state index contributed by atoms with van der Waals surface area (Å²) in [5, 5.41) is 13.6. The Morgan fingerprint density at radius 2 is 1.92 bits per heavy atom. The topological polar surface area (TPSA) is 83.3 Å². The minimum atomic E-state index is -0.0700. The summed E-state index contributed by atoms with van der Waals surface area (Å²) < 4.78 is 2.00. The normalized spacial score (nSPS) is 11.3. The number of guanidine groups is 1. The zero-order chi connectivity index (χ0) is 18.8. The minimum Gasteiger partial charge on any atom is -0.356 e. The van der Waals surface area contributed by atoms with Crippen molar-refractivity contribution in [1.82, 2.24) is 25.7 Å². The molecule has 26 heavy (non-hydrogen) atoms. The molecule has 0 spiro atoms. The molecular weight excluding hydrogens is 328 g/mol. The molecule has 0 fully saturated rings. The van der Waals surface area contributed by atoms with Crippen molar-refractivity contribution in [3.8, 4) is 0 Å². The van der Waals surface area contributed by atoms with Crippen LogP contribution in [0, 0.1) is 13.8 Å². The van der Waals surface area contributed by atoms with Gasteiger partial charge < -0.3 is 16.0 Å². The molecule has 1 aromatic heterocycles. The largest absolute Gasteiger partial charge is 0.356 e. The second-order valence-corrected chi connectivity index (χ2v) is 6.12. The Bertz CT molecular complexity index is 723. The highest BCUT2D eigenvalue weighted by Crippen LogP contribution is 2.02. The summed E-state index contributed by atoms with van der Waals surface area (Å²) in [6.45, 7) is 6.36. The number of carbonyl (C=O) groups is 1. The van der Waals surface area contributed by atoms with Gasteiger partial charge in [0.2, 0.25) is 5.91 Å². The van der Waals surface area contributed by atoms with Gasteiger partial charge in [-0.2, -0.15) is 5.10 Å². The molecule has 3 N–H and O–H groups in total. The predicted molar refractivity (Wildman–Crippen MR) is 104 cm³/mol. The van der Waals surface area contributed by atoms with Gasteiger partial charge in [0.25, 0.3) is 0 Å². The first kappa shape index (κ1) is 19.5. The Labute approximate surface area is 154 Å². The fraction of sp³-hybridized carbons (Fsp3) is 0.421. The van der Waals surface area contributed by atoms with Crippen molar-refractivity contribution < 1.29 is 4.79 Å². The van der Waals surface area contributed by atoms with Crippen LogP contribution < -0.4 is 16.0 Å². The molecule has 1 aromatic carbocycles. The standard InChI is InChI=1S/C19H28N6O/c1-15-12-16(2)25(24-15)11-7-10-21-19(20-3)23-14-18(26)22-13-17-8-5-4-6-9-17/h4-6,8-9,12H,7,10-11,13-14H2,1-3H3,(H,22,26)(H2,20,21,23). The van der Waals surface area contributed by atoms with E-state index in [0.29, 0.717) is 12.5 Å². The lowest BCUT2D eigenvalue weighted by atomic mass is 10.2. The maximum Gasteiger partial charge on any atom is 0.239 e. The van der Waals surface area contributed by atoms with Crippen molar-refractivity contribution in [3.63, 3.8) is 0 Å². The van der Waals surface area contributed by atoms with Crippen molar-refractivity contribution in [1.29, 1.82) is 0 Å². The summed E-state index contributed by atoms with van der Waals surface area (Å²) in [7, 11) is 1.69. The SMILES string of the molecule is CN=C(NCCCn1nc(C)cc1C)NCC(=O)NCc1ccccc1. The van der Waals surface area contributed by atoms with Crippen molar-refractivity contribution in [2.75, 3.05) is 20.1 Å². The summed E-state index contributed by atoms with van der Waals surface area (Å²) >= 11 is 0. The van der Waals surface area contributed by atoms with E-state index in [9.17, 15) is 4.79 Å². The van der Waals surface area contributed by atoms with Gasteiger partial charge in [0.15, 0.2) is 5.96 Å². The highest BCUT2D eigenvalue weighted by molar-refractivity contribution is 5.86. The first-order chi connectivity index (χ1) is 12.6. The van der Waals surface area contributed by atoms with E-state index in [1.165, 1.54) is 5.69 Å². The van der Waals surface area contributed by atoms with Crippen LogP contribution in [-0.4, -0.2) is 41.8 Å². The molecule has 140 valence electrons. The molecule has 7 nitrogen and oxygen atoms in total. The lowest BCUT2D eigenvalue weighted by Crippen LogP contribution is -2.43. The predicted octanol–water partition coefficient (Wildman–Crippen LogP) is 1.37. The fourth-order valence-electron chi connectivity index (χ4n) is 2.58. The number of aromatic nitrogens is 2. The fourth-order valence-corrected chi connectivity index (χ4v) is 2.58. The Morgan fingerprint density at radius 1 is 1.15 bits per heavy atom. The number of aryl methyl sites for hydroxylation is 3. The van der Waals surface area contributed by atoms with Crippen LogP contribution >= 0.6 is 0 Å². The molecule has 0 aliphatic heterocycles. The van der Waals surface area contributed by atoms with Crippen LogP contribution in [0.2, 0.25) is 0 Å². The molecule has 0 aliphatic carbocycles. The molecule has 0 unspecified atom stereocenters. The van der Waals surface area contributed by atoms with Crippen LogP contribution in [0.3, 0.4) is 0 Å². The number of hydrogen-bond donors (Lipinski definition) is 3. The van der Waals surface area contributed by atoms with Crippen LogP contribution in [0.25, 0.3) is 0 Å². The van der Waals surface area contributed by atoms with Gasteiger partial charge in [-0.05, 0) is 31.9 Å². The van der Waals surface area contributed by atoms with E-state index in [0.717, 1.165) is 30.8 Å². The highest BCUT2D eigenvalue weighted by Gasteiger charge is 2.04. The monoisotopic (exact) mass is 356 g/mol. The van der Waals surface area contributed by atoms with E-state index < -0.39 is 0 Å². The lowest BCUT2D eigenvalue weighted by Gasteiger charge is -2.12. The summed E-state index contributed by atoms with van der Waals surface area (Å²) in [4.78, 5) is 16.1. The van der Waals surface area contributed by atoms with Crippen LogP contribution in [0.5, 0.6) is 0 Å². The third-order valence-corrected chi connectivity index (χ3v) is 3.91. The van der Waals surface area contributed by atoms with Gasteiger partial charge >= 0.3 is 0 Å². The number of rotatable bonds is 8. The summed E-state index contributed by atoms with van der Waals surface area (Å²) in [5.41, 5.74) is 3.28. The zero-order valence-electron chi connectivity index (χ0n) is 15.7. The number of hydrogen-bond acceptors (Lipinski definition) is 3. The average Bonchev–Trinajstić information content (AvgIpc) is 2.97. The minimum absolute atomic E-state index is 0.0700. The highest BCUT2D eigenvalue weighted by atomic mass is 16.1. The van der Waals surface area contributed by atoms with Crippen LogP contribution in [0.4, 0.5) is 0 Å². The van der Waals surface area contributed by atoms with Gasteiger partial charge in [0.1, 0.15) is 0 Å². The molecule has 1 amide bonds. The summed E-state index contributed by atoms with van der Waals surface area (Å²) in [5.74, 6) is 0.549. The summed E-state index contributed by atoms with van der Waals surface area (Å²) in [6.07, 6.45) is 0.920. The van der Waals surface area contributed by atoms with Crippen LogP contribution in [0.15, 0.2) is 41.4 Å². The number of nitrogens with zero attached hydrogens (tertiary/aromatic N) is 3. The van der Waals surface area contributed by atoms with Gasteiger partial charge in [-0.25, -0.2) is 0 Å². The van der Waals surface area contributed by atoms with E-state index in [2.05, 4.69) is 39.0 Å². The van der Waals surface area contributed by atoms with Crippen LogP contribution in [-0.2, 0) is 17.9 Å². The molecular formula is C19H28N6O. The molecule has 7 heteroatoms. The van der Waals surface area contributed by atoms with Gasteiger partial charge in [0.05, 0.1) is 12.2 Å². The quantitative estimate of drug-likeness (QED) is 0.379. The molecule has 2 aromatic rings. The number of amides is 1. The average molecular weight is 356 g/mol.